The molecule has 1 unspecified atom stereocenters. The lowest BCUT2D eigenvalue weighted by Crippen LogP contribution is -2.41. The van der Waals surface area contributed by atoms with E-state index in [-0.39, 0.29) is 6.03 Å². The highest BCUT2D eigenvalue weighted by atomic mass is 35.5. The van der Waals surface area contributed by atoms with Crippen LogP contribution in [0, 0.1) is 5.92 Å². The van der Waals surface area contributed by atoms with Gasteiger partial charge in [0, 0.05) is 18.1 Å². The summed E-state index contributed by atoms with van der Waals surface area (Å²) in [6.07, 6.45) is 2.37. The van der Waals surface area contributed by atoms with Crippen molar-refractivity contribution in [1.29, 1.82) is 0 Å². The van der Waals surface area contributed by atoms with Crippen LogP contribution in [0.3, 0.4) is 0 Å². The van der Waals surface area contributed by atoms with Crippen molar-refractivity contribution in [3.8, 4) is 0 Å². The fourth-order valence-corrected chi connectivity index (χ4v) is 2.44. The van der Waals surface area contributed by atoms with Crippen molar-refractivity contribution in [2.45, 2.75) is 19.4 Å². The highest BCUT2D eigenvalue weighted by Crippen LogP contribution is 2.10. The topological polar surface area (TPSA) is 53.2 Å². The zero-order valence-electron chi connectivity index (χ0n) is 10.9. The third kappa shape index (κ3) is 5.09. The Hall–Kier alpha value is -1.26. The summed E-state index contributed by atoms with van der Waals surface area (Å²) in [6.45, 7) is 3.32. The first-order valence-electron chi connectivity index (χ1n) is 6.71. The SMILES string of the molecule is O=C(NCc1cccc(Cl)c1)NCC1CCCNC1. The number of rotatable bonds is 4. The van der Waals surface area contributed by atoms with Gasteiger partial charge in [0.25, 0.3) is 0 Å². The third-order valence-corrected chi connectivity index (χ3v) is 3.53. The molecule has 1 saturated heterocycles. The molecule has 2 amide bonds. The smallest absolute Gasteiger partial charge is 0.315 e. The van der Waals surface area contributed by atoms with Crippen LogP contribution in [0.5, 0.6) is 0 Å². The number of carbonyl (C=O) groups excluding carboxylic acids is 1. The number of hydrogen-bond acceptors (Lipinski definition) is 2. The van der Waals surface area contributed by atoms with E-state index >= 15 is 0 Å². The zero-order chi connectivity index (χ0) is 13.5. The second kappa shape index (κ2) is 7.36. The highest BCUT2D eigenvalue weighted by molar-refractivity contribution is 6.30. The largest absolute Gasteiger partial charge is 0.338 e. The van der Waals surface area contributed by atoms with Crippen molar-refractivity contribution >= 4 is 17.6 Å². The van der Waals surface area contributed by atoms with Crippen LogP contribution >= 0.6 is 11.6 Å². The van der Waals surface area contributed by atoms with Crippen molar-refractivity contribution in [3.05, 3.63) is 34.9 Å². The van der Waals surface area contributed by atoms with Gasteiger partial charge in [-0.15, -0.1) is 0 Å². The average Bonchev–Trinajstić information content (AvgIpc) is 2.44. The van der Waals surface area contributed by atoms with Gasteiger partial charge in [-0.1, -0.05) is 23.7 Å². The lowest BCUT2D eigenvalue weighted by Gasteiger charge is -2.22. The lowest BCUT2D eigenvalue weighted by molar-refractivity contribution is 0.236. The Bertz CT molecular complexity index is 419. The molecule has 2 rings (SSSR count). The molecule has 0 aliphatic carbocycles. The Morgan fingerprint density at radius 2 is 2.32 bits per heavy atom. The summed E-state index contributed by atoms with van der Waals surface area (Å²) in [6, 6.07) is 7.38. The molecule has 1 atom stereocenters. The molecular weight excluding hydrogens is 262 g/mol. The summed E-state index contributed by atoms with van der Waals surface area (Å²) < 4.78 is 0. The van der Waals surface area contributed by atoms with Gasteiger partial charge in [0.2, 0.25) is 0 Å². The van der Waals surface area contributed by atoms with Crippen LogP contribution < -0.4 is 16.0 Å². The van der Waals surface area contributed by atoms with E-state index < -0.39 is 0 Å². The molecule has 19 heavy (non-hydrogen) atoms. The van der Waals surface area contributed by atoms with Crippen molar-refractivity contribution in [3.63, 3.8) is 0 Å². The second-order valence-electron chi connectivity index (χ2n) is 4.91. The number of piperidine rings is 1. The molecule has 1 aliphatic heterocycles. The van der Waals surface area contributed by atoms with Gasteiger partial charge in [0.05, 0.1) is 0 Å². The first kappa shape index (κ1) is 14.2. The maximum Gasteiger partial charge on any atom is 0.315 e. The van der Waals surface area contributed by atoms with Gasteiger partial charge in [0.15, 0.2) is 0 Å². The van der Waals surface area contributed by atoms with Crippen LogP contribution in [0.15, 0.2) is 24.3 Å². The van der Waals surface area contributed by atoms with E-state index in [0.29, 0.717) is 17.5 Å². The van der Waals surface area contributed by atoms with E-state index in [9.17, 15) is 4.79 Å². The molecule has 104 valence electrons. The van der Waals surface area contributed by atoms with Gasteiger partial charge in [-0.05, 0) is 49.5 Å². The molecule has 1 fully saturated rings. The van der Waals surface area contributed by atoms with Crippen molar-refractivity contribution in [1.82, 2.24) is 16.0 Å². The van der Waals surface area contributed by atoms with Crippen LogP contribution in [-0.2, 0) is 6.54 Å². The molecule has 1 heterocycles. The number of halogens is 1. The van der Waals surface area contributed by atoms with Crippen molar-refractivity contribution < 1.29 is 4.79 Å². The quantitative estimate of drug-likeness (QED) is 0.792. The first-order valence-corrected chi connectivity index (χ1v) is 7.08. The minimum Gasteiger partial charge on any atom is -0.338 e. The Balaban J connectivity index is 1.66. The average molecular weight is 282 g/mol. The van der Waals surface area contributed by atoms with Crippen LogP contribution in [0.4, 0.5) is 4.79 Å². The van der Waals surface area contributed by atoms with Gasteiger partial charge in [0.1, 0.15) is 0 Å². The van der Waals surface area contributed by atoms with Crippen LogP contribution in [0.1, 0.15) is 18.4 Å². The minimum absolute atomic E-state index is 0.120. The summed E-state index contributed by atoms with van der Waals surface area (Å²) >= 11 is 5.89. The van der Waals surface area contributed by atoms with E-state index in [1.165, 1.54) is 12.8 Å². The van der Waals surface area contributed by atoms with E-state index in [2.05, 4.69) is 16.0 Å². The molecule has 4 nitrogen and oxygen atoms in total. The number of amides is 2. The molecule has 1 aromatic rings. The third-order valence-electron chi connectivity index (χ3n) is 3.29. The van der Waals surface area contributed by atoms with E-state index in [4.69, 9.17) is 11.6 Å². The number of benzene rings is 1. The van der Waals surface area contributed by atoms with E-state index in [1.54, 1.807) is 0 Å². The van der Waals surface area contributed by atoms with Gasteiger partial charge in [-0.25, -0.2) is 4.79 Å². The summed E-state index contributed by atoms with van der Waals surface area (Å²) in [5.41, 5.74) is 1.00. The van der Waals surface area contributed by atoms with Gasteiger partial charge >= 0.3 is 6.03 Å². The molecule has 0 bridgehead atoms. The molecule has 0 aromatic heterocycles. The Morgan fingerprint density at radius 3 is 3.05 bits per heavy atom. The Morgan fingerprint density at radius 1 is 1.42 bits per heavy atom. The monoisotopic (exact) mass is 281 g/mol. The molecule has 1 aromatic carbocycles. The maximum atomic E-state index is 11.7. The molecule has 1 aliphatic rings. The standard InChI is InChI=1S/C14H20ClN3O/c15-13-5-1-3-11(7-13)9-17-14(19)18-10-12-4-2-6-16-8-12/h1,3,5,7,12,16H,2,4,6,8-10H2,(H2,17,18,19). The Kier molecular flexibility index (Phi) is 5.48. The first-order chi connectivity index (χ1) is 9.24. The van der Waals surface area contributed by atoms with E-state index in [1.807, 2.05) is 24.3 Å². The van der Waals surface area contributed by atoms with Crippen molar-refractivity contribution in [2.24, 2.45) is 5.92 Å². The molecule has 3 N–H and O–H groups in total. The Labute approximate surface area is 118 Å². The lowest BCUT2D eigenvalue weighted by atomic mass is 10.00. The van der Waals surface area contributed by atoms with Gasteiger partial charge in [-0.2, -0.15) is 0 Å². The maximum absolute atomic E-state index is 11.7. The number of carbonyl (C=O) groups is 1. The van der Waals surface area contributed by atoms with Crippen LogP contribution in [-0.4, -0.2) is 25.7 Å². The highest BCUT2D eigenvalue weighted by Gasteiger charge is 2.13. The predicted molar refractivity (Wildman–Crippen MR) is 77.3 cm³/mol. The summed E-state index contributed by atoms with van der Waals surface area (Å²) in [4.78, 5) is 11.7. The normalized spacial score (nSPS) is 18.9. The molecule has 5 heteroatoms. The second-order valence-corrected chi connectivity index (χ2v) is 5.34. The number of nitrogens with one attached hydrogen (secondary N) is 3. The molecule has 0 spiro atoms. The van der Waals surface area contributed by atoms with Crippen LogP contribution in [0.2, 0.25) is 5.02 Å². The molecule has 0 radical (unpaired) electrons. The number of hydrogen-bond donors (Lipinski definition) is 3. The van der Waals surface area contributed by atoms with Crippen LogP contribution in [0.25, 0.3) is 0 Å². The van der Waals surface area contributed by atoms with Crippen molar-refractivity contribution in [2.75, 3.05) is 19.6 Å². The van der Waals surface area contributed by atoms with Gasteiger partial charge in [-0.3, -0.25) is 0 Å². The van der Waals surface area contributed by atoms with Gasteiger partial charge < -0.3 is 16.0 Å². The number of urea groups is 1. The van der Waals surface area contributed by atoms with E-state index in [0.717, 1.165) is 25.2 Å². The summed E-state index contributed by atoms with van der Waals surface area (Å²) in [5.74, 6) is 0.547. The summed E-state index contributed by atoms with van der Waals surface area (Å²) in [7, 11) is 0. The molecule has 0 saturated carbocycles. The fraction of sp³-hybridized carbons (Fsp3) is 0.500. The fourth-order valence-electron chi connectivity index (χ4n) is 2.23. The predicted octanol–water partition coefficient (Wildman–Crippen LogP) is 2.14. The molecular formula is C14H20ClN3O. The minimum atomic E-state index is -0.120. The zero-order valence-corrected chi connectivity index (χ0v) is 11.7. The summed E-state index contributed by atoms with van der Waals surface area (Å²) in [5, 5.41) is 9.78.